The molecule has 12 heavy (non-hydrogen) atoms. The summed E-state index contributed by atoms with van der Waals surface area (Å²) in [5.41, 5.74) is 4.85. The molecule has 0 unspecified atom stereocenters. The van der Waals surface area contributed by atoms with Crippen LogP contribution in [0.15, 0.2) is 0 Å². The van der Waals surface area contributed by atoms with Crippen molar-refractivity contribution in [3.8, 4) is 0 Å². The first-order valence-electron chi connectivity index (χ1n) is 3.80. The Hall–Kier alpha value is -1.10. The molecule has 5 nitrogen and oxygen atoms in total. The Labute approximate surface area is 71.7 Å². The number of amides is 2. The highest BCUT2D eigenvalue weighted by Crippen LogP contribution is 1.74. The van der Waals surface area contributed by atoms with Gasteiger partial charge in [0, 0.05) is 6.04 Å². The molecule has 0 aromatic heterocycles. The van der Waals surface area contributed by atoms with Gasteiger partial charge in [0.25, 0.3) is 0 Å². The number of hydrogen-bond donors (Lipinski definition) is 3. The number of nitrogens with one attached hydrogen (secondary N) is 2. The van der Waals surface area contributed by atoms with Crippen LogP contribution in [0, 0.1) is 0 Å². The molecule has 0 atom stereocenters. The molecule has 70 valence electrons. The van der Waals surface area contributed by atoms with Crippen LogP contribution in [0.5, 0.6) is 0 Å². The fourth-order valence-electron chi connectivity index (χ4n) is 0.672. The van der Waals surface area contributed by atoms with Crippen LogP contribution in [0.3, 0.4) is 0 Å². The second kappa shape index (κ2) is 5.54. The Kier molecular flexibility index (Phi) is 5.03. The summed E-state index contributed by atoms with van der Waals surface area (Å²) in [5, 5.41) is 5.27. The molecule has 0 heterocycles. The molecule has 0 radical (unpaired) electrons. The van der Waals surface area contributed by atoms with Crippen molar-refractivity contribution in [1.82, 2.24) is 10.6 Å². The molecule has 0 aromatic carbocycles. The van der Waals surface area contributed by atoms with E-state index in [0.29, 0.717) is 0 Å². The monoisotopic (exact) mass is 173 g/mol. The Morgan fingerprint density at radius 3 is 2.33 bits per heavy atom. The number of carbonyl (C=O) groups is 2. The average molecular weight is 173 g/mol. The van der Waals surface area contributed by atoms with Gasteiger partial charge in [0.05, 0.1) is 13.1 Å². The van der Waals surface area contributed by atoms with Gasteiger partial charge in [-0.15, -0.1) is 0 Å². The fraction of sp³-hybridized carbons (Fsp3) is 0.714. The third kappa shape index (κ3) is 7.01. The fourth-order valence-corrected chi connectivity index (χ4v) is 0.672. The number of hydrogen-bond acceptors (Lipinski definition) is 3. The average Bonchev–Trinajstić information content (AvgIpc) is 1.84. The SMILES string of the molecule is CC(C)NC(=O)CNCC(N)=O. The molecule has 0 saturated heterocycles. The van der Waals surface area contributed by atoms with Crippen LogP contribution in [-0.4, -0.2) is 30.9 Å². The van der Waals surface area contributed by atoms with Gasteiger partial charge in [0.2, 0.25) is 11.8 Å². The lowest BCUT2D eigenvalue weighted by Crippen LogP contribution is -2.40. The highest BCUT2D eigenvalue weighted by molar-refractivity contribution is 5.80. The first-order chi connectivity index (χ1) is 5.52. The molecular formula is C7H15N3O2. The van der Waals surface area contributed by atoms with Crippen molar-refractivity contribution in [2.45, 2.75) is 19.9 Å². The van der Waals surface area contributed by atoms with Gasteiger partial charge in [-0.05, 0) is 13.8 Å². The van der Waals surface area contributed by atoms with Crippen molar-refractivity contribution in [2.24, 2.45) is 5.73 Å². The molecule has 0 saturated carbocycles. The molecule has 0 spiro atoms. The summed E-state index contributed by atoms with van der Waals surface area (Å²) in [6.07, 6.45) is 0. The molecular weight excluding hydrogens is 158 g/mol. The lowest BCUT2D eigenvalue weighted by molar-refractivity contribution is -0.121. The van der Waals surface area contributed by atoms with E-state index >= 15 is 0 Å². The Balaban J connectivity index is 3.38. The van der Waals surface area contributed by atoms with E-state index < -0.39 is 5.91 Å². The third-order valence-electron chi connectivity index (χ3n) is 1.03. The highest BCUT2D eigenvalue weighted by Gasteiger charge is 2.02. The maximum atomic E-state index is 10.9. The first-order valence-corrected chi connectivity index (χ1v) is 3.80. The molecule has 2 amide bonds. The van der Waals surface area contributed by atoms with Crippen LogP contribution in [0.2, 0.25) is 0 Å². The van der Waals surface area contributed by atoms with Crippen LogP contribution in [-0.2, 0) is 9.59 Å². The van der Waals surface area contributed by atoms with Crippen molar-refractivity contribution < 1.29 is 9.59 Å². The lowest BCUT2D eigenvalue weighted by Gasteiger charge is -2.07. The van der Waals surface area contributed by atoms with E-state index in [1.165, 1.54) is 0 Å². The maximum absolute atomic E-state index is 10.9. The van der Waals surface area contributed by atoms with E-state index in [-0.39, 0.29) is 25.0 Å². The zero-order chi connectivity index (χ0) is 9.56. The van der Waals surface area contributed by atoms with Gasteiger partial charge in [-0.25, -0.2) is 0 Å². The smallest absolute Gasteiger partial charge is 0.234 e. The van der Waals surface area contributed by atoms with E-state index in [4.69, 9.17) is 5.73 Å². The predicted octanol–water partition coefficient (Wildman–Crippen LogP) is -1.41. The summed E-state index contributed by atoms with van der Waals surface area (Å²) in [7, 11) is 0. The molecule has 0 bridgehead atoms. The molecule has 4 N–H and O–H groups in total. The standard InChI is InChI=1S/C7H15N3O2/c1-5(2)10-7(12)4-9-3-6(8)11/h5,9H,3-4H2,1-2H3,(H2,8,11)(H,10,12). The maximum Gasteiger partial charge on any atom is 0.234 e. The molecule has 0 aliphatic heterocycles. The summed E-state index contributed by atoms with van der Waals surface area (Å²) in [6, 6.07) is 0.118. The predicted molar refractivity (Wildman–Crippen MR) is 45.3 cm³/mol. The van der Waals surface area contributed by atoms with E-state index in [2.05, 4.69) is 10.6 Å². The van der Waals surface area contributed by atoms with E-state index in [1.54, 1.807) is 0 Å². The third-order valence-corrected chi connectivity index (χ3v) is 1.03. The Bertz CT molecular complexity index is 168. The van der Waals surface area contributed by atoms with Crippen LogP contribution in [0.4, 0.5) is 0 Å². The topological polar surface area (TPSA) is 84.2 Å². The molecule has 0 aliphatic rings. The Morgan fingerprint density at radius 1 is 1.33 bits per heavy atom. The van der Waals surface area contributed by atoms with Crippen molar-refractivity contribution in [1.29, 1.82) is 0 Å². The van der Waals surface area contributed by atoms with Crippen LogP contribution >= 0.6 is 0 Å². The zero-order valence-electron chi connectivity index (χ0n) is 7.39. The normalized spacial score (nSPS) is 9.92. The number of primary amides is 1. The summed E-state index contributed by atoms with van der Waals surface area (Å²) < 4.78 is 0. The van der Waals surface area contributed by atoms with Gasteiger partial charge in [-0.1, -0.05) is 0 Å². The minimum Gasteiger partial charge on any atom is -0.369 e. The minimum absolute atomic E-state index is 0.0332. The van der Waals surface area contributed by atoms with E-state index in [0.717, 1.165) is 0 Å². The van der Waals surface area contributed by atoms with Crippen molar-refractivity contribution in [2.75, 3.05) is 13.1 Å². The van der Waals surface area contributed by atoms with Gasteiger partial charge in [-0.3, -0.25) is 14.9 Å². The van der Waals surface area contributed by atoms with Crippen molar-refractivity contribution in [3.05, 3.63) is 0 Å². The van der Waals surface area contributed by atoms with Gasteiger partial charge in [0.15, 0.2) is 0 Å². The van der Waals surface area contributed by atoms with E-state index in [9.17, 15) is 9.59 Å². The highest BCUT2D eigenvalue weighted by atomic mass is 16.2. The summed E-state index contributed by atoms with van der Waals surface area (Å²) in [6.45, 7) is 3.89. The first kappa shape index (κ1) is 10.9. The quantitative estimate of drug-likeness (QED) is 0.477. The molecule has 5 heteroatoms. The van der Waals surface area contributed by atoms with Crippen LogP contribution in [0.1, 0.15) is 13.8 Å². The van der Waals surface area contributed by atoms with Gasteiger partial charge in [0.1, 0.15) is 0 Å². The molecule has 0 rings (SSSR count). The van der Waals surface area contributed by atoms with Gasteiger partial charge in [-0.2, -0.15) is 0 Å². The van der Waals surface area contributed by atoms with Gasteiger partial charge < -0.3 is 11.1 Å². The minimum atomic E-state index is -0.465. The molecule has 0 aromatic rings. The van der Waals surface area contributed by atoms with Crippen molar-refractivity contribution in [3.63, 3.8) is 0 Å². The zero-order valence-corrected chi connectivity index (χ0v) is 7.39. The largest absolute Gasteiger partial charge is 0.369 e. The lowest BCUT2D eigenvalue weighted by atomic mass is 10.4. The molecule has 0 aliphatic carbocycles. The van der Waals surface area contributed by atoms with Gasteiger partial charge >= 0.3 is 0 Å². The summed E-state index contributed by atoms with van der Waals surface area (Å²) >= 11 is 0. The second-order valence-electron chi connectivity index (χ2n) is 2.79. The van der Waals surface area contributed by atoms with Crippen molar-refractivity contribution >= 4 is 11.8 Å². The second-order valence-corrected chi connectivity index (χ2v) is 2.79. The van der Waals surface area contributed by atoms with E-state index in [1.807, 2.05) is 13.8 Å². The number of rotatable bonds is 5. The number of carbonyl (C=O) groups excluding carboxylic acids is 2. The number of nitrogens with two attached hydrogens (primary N) is 1. The molecule has 0 fully saturated rings. The Morgan fingerprint density at radius 2 is 1.92 bits per heavy atom. The summed E-state index contributed by atoms with van der Waals surface area (Å²) in [5.74, 6) is -0.599. The summed E-state index contributed by atoms with van der Waals surface area (Å²) in [4.78, 5) is 21.1. The van der Waals surface area contributed by atoms with Crippen LogP contribution in [0.25, 0.3) is 0 Å². The van der Waals surface area contributed by atoms with Crippen LogP contribution < -0.4 is 16.4 Å².